The van der Waals surface area contributed by atoms with E-state index in [1.807, 2.05) is 17.5 Å². The number of fused-ring (bicyclic) bond motifs is 1. The van der Waals surface area contributed by atoms with Crippen LogP contribution in [0.25, 0.3) is 10.2 Å². The molecule has 5 heteroatoms. The van der Waals surface area contributed by atoms with Crippen molar-refractivity contribution in [1.82, 2.24) is 9.97 Å². The van der Waals surface area contributed by atoms with Crippen LogP contribution in [0.1, 0.15) is 0 Å². The van der Waals surface area contributed by atoms with Gasteiger partial charge in [0.1, 0.15) is 11.8 Å². The predicted molar refractivity (Wildman–Crippen MR) is 77.7 cm³/mol. The van der Waals surface area contributed by atoms with Gasteiger partial charge >= 0.3 is 0 Å². The van der Waals surface area contributed by atoms with Crippen molar-refractivity contribution >= 4 is 43.3 Å². The molecule has 0 radical (unpaired) electrons. The zero-order chi connectivity index (χ0) is 12.3. The molecule has 0 spiro atoms. The summed E-state index contributed by atoms with van der Waals surface area (Å²) >= 11 is 5.13. The molecule has 0 amide bonds. The Morgan fingerprint density at radius 1 is 1.29 bits per heavy atom. The van der Waals surface area contributed by atoms with Crippen LogP contribution in [0.15, 0.2) is 41.5 Å². The Morgan fingerprint density at radius 3 is 2.65 bits per heavy atom. The van der Waals surface area contributed by atoms with Gasteiger partial charge in [-0.1, -0.05) is 12.2 Å². The number of rotatable bonds is 5. The first-order valence-electron chi connectivity index (χ1n) is 5.12. The van der Waals surface area contributed by atoms with Crippen molar-refractivity contribution < 1.29 is 0 Å². The molecule has 0 saturated heterocycles. The Labute approximate surface area is 113 Å². The number of anilines is 1. The van der Waals surface area contributed by atoms with Gasteiger partial charge < -0.3 is 4.90 Å². The van der Waals surface area contributed by atoms with Crippen molar-refractivity contribution in [3.63, 3.8) is 0 Å². The summed E-state index contributed by atoms with van der Waals surface area (Å²) < 4.78 is 2.10. The maximum atomic E-state index is 4.37. The molecule has 0 aliphatic heterocycles. The van der Waals surface area contributed by atoms with E-state index in [1.165, 1.54) is 0 Å². The van der Waals surface area contributed by atoms with Gasteiger partial charge in [0.05, 0.1) is 9.17 Å². The second kappa shape index (κ2) is 5.42. The summed E-state index contributed by atoms with van der Waals surface area (Å²) in [6.07, 6.45) is 5.31. The van der Waals surface area contributed by atoms with Gasteiger partial charge in [-0.25, -0.2) is 9.97 Å². The minimum atomic E-state index is 0.744. The normalized spacial score (nSPS) is 10.4. The highest BCUT2D eigenvalue weighted by atomic mass is 79.9. The smallest absolute Gasteiger partial charge is 0.150 e. The van der Waals surface area contributed by atoms with Crippen molar-refractivity contribution in [2.24, 2.45) is 0 Å². The summed E-state index contributed by atoms with van der Waals surface area (Å²) in [5.74, 6) is 0.936. The van der Waals surface area contributed by atoms with Crippen molar-refractivity contribution in [3.05, 3.63) is 41.5 Å². The maximum absolute atomic E-state index is 4.37. The third-order valence-corrected chi connectivity index (χ3v) is 4.16. The lowest BCUT2D eigenvalue weighted by atomic mass is 10.4. The molecule has 0 fully saturated rings. The zero-order valence-corrected chi connectivity index (χ0v) is 11.7. The fraction of sp³-hybridized carbons (Fsp3) is 0.167. The first-order valence-corrected chi connectivity index (χ1v) is 6.79. The van der Waals surface area contributed by atoms with Gasteiger partial charge in [0, 0.05) is 18.5 Å². The maximum Gasteiger partial charge on any atom is 0.150 e. The summed E-state index contributed by atoms with van der Waals surface area (Å²) in [7, 11) is 0. The fourth-order valence-electron chi connectivity index (χ4n) is 1.59. The van der Waals surface area contributed by atoms with Crippen LogP contribution in [-0.2, 0) is 0 Å². The first kappa shape index (κ1) is 12.3. The van der Waals surface area contributed by atoms with Gasteiger partial charge in [-0.2, -0.15) is 0 Å². The highest BCUT2D eigenvalue weighted by molar-refractivity contribution is 9.10. The largest absolute Gasteiger partial charge is 0.348 e. The third kappa shape index (κ3) is 2.40. The minimum absolute atomic E-state index is 0.744. The summed E-state index contributed by atoms with van der Waals surface area (Å²) in [6.45, 7) is 9.02. The number of hydrogen-bond donors (Lipinski definition) is 0. The van der Waals surface area contributed by atoms with Crippen molar-refractivity contribution in [2.75, 3.05) is 18.0 Å². The lowest BCUT2D eigenvalue weighted by molar-refractivity contribution is 0.930. The van der Waals surface area contributed by atoms with Gasteiger partial charge in [0.25, 0.3) is 0 Å². The Morgan fingerprint density at radius 2 is 2.00 bits per heavy atom. The Balaban J connectivity index is 2.51. The lowest BCUT2D eigenvalue weighted by Gasteiger charge is -2.20. The van der Waals surface area contributed by atoms with Gasteiger partial charge in [-0.3, -0.25) is 0 Å². The highest BCUT2D eigenvalue weighted by Gasteiger charge is 2.13. The molecule has 0 bridgehead atoms. The highest BCUT2D eigenvalue weighted by Crippen LogP contribution is 2.33. The molecule has 3 nitrogen and oxygen atoms in total. The van der Waals surface area contributed by atoms with Crippen LogP contribution in [0.3, 0.4) is 0 Å². The second-order valence-electron chi connectivity index (χ2n) is 3.44. The number of halogens is 1. The molecule has 0 aliphatic carbocycles. The topological polar surface area (TPSA) is 29.0 Å². The number of nitrogens with zero attached hydrogens (tertiary/aromatic N) is 3. The quantitative estimate of drug-likeness (QED) is 0.790. The van der Waals surface area contributed by atoms with Crippen LogP contribution in [0, 0.1) is 0 Å². The fourth-order valence-corrected chi connectivity index (χ4v) is 3.20. The summed E-state index contributed by atoms with van der Waals surface area (Å²) in [5.41, 5.74) is 0.957. The molecular weight excluding hydrogens is 298 g/mol. The minimum Gasteiger partial charge on any atom is -0.348 e. The van der Waals surface area contributed by atoms with Gasteiger partial charge in [-0.05, 0) is 15.9 Å². The molecule has 0 aromatic carbocycles. The molecule has 2 aromatic rings. The van der Waals surface area contributed by atoms with E-state index in [4.69, 9.17) is 0 Å². The number of thiophene rings is 1. The van der Waals surface area contributed by atoms with Crippen LogP contribution in [-0.4, -0.2) is 23.1 Å². The SMILES string of the molecule is C=CCN(CC=C)c1ncnc2c(Br)csc12. The molecule has 0 aliphatic rings. The molecule has 2 aromatic heterocycles. The van der Waals surface area contributed by atoms with Crippen LogP contribution in [0.2, 0.25) is 0 Å². The molecule has 0 unspecified atom stereocenters. The average molecular weight is 310 g/mol. The molecule has 0 atom stereocenters. The standard InChI is InChI=1S/C12H12BrN3S/c1-3-5-16(6-4-2)12-11-10(14-8-15-12)9(13)7-17-11/h3-4,7-8H,1-2,5-6H2. The Bertz CT molecular complexity index is 540. The van der Waals surface area contributed by atoms with Gasteiger partial charge in [-0.15, -0.1) is 24.5 Å². The third-order valence-electron chi connectivity index (χ3n) is 2.29. The van der Waals surface area contributed by atoms with E-state index < -0.39 is 0 Å². The van der Waals surface area contributed by atoms with Gasteiger partial charge in [0.2, 0.25) is 0 Å². The van der Waals surface area contributed by atoms with E-state index in [0.29, 0.717) is 0 Å². The van der Waals surface area contributed by atoms with E-state index in [1.54, 1.807) is 17.7 Å². The predicted octanol–water partition coefficient (Wildman–Crippen LogP) is 3.63. The monoisotopic (exact) mass is 309 g/mol. The van der Waals surface area contributed by atoms with E-state index in [2.05, 4.69) is 44.0 Å². The van der Waals surface area contributed by atoms with Crippen LogP contribution in [0.5, 0.6) is 0 Å². The van der Waals surface area contributed by atoms with Crippen molar-refractivity contribution in [2.45, 2.75) is 0 Å². The molecule has 2 rings (SSSR count). The second-order valence-corrected chi connectivity index (χ2v) is 5.17. The summed E-state index contributed by atoms with van der Waals surface area (Å²) in [6, 6.07) is 0. The first-order chi connectivity index (χ1) is 8.27. The number of aromatic nitrogens is 2. The van der Waals surface area contributed by atoms with E-state index >= 15 is 0 Å². The van der Waals surface area contributed by atoms with E-state index in [-0.39, 0.29) is 0 Å². The lowest BCUT2D eigenvalue weighted by Crippen LogP contribution is -2.24. The van der Waals surface area contributed by atoms with Gasteiger partial charge in [0.15, 0.2) is 5.82 Å². The Hall–Kier alpha value is -1.20. The van der Waals surface area contributed by atoms with Crippen LogP contribution >= 0.6 is 27.3 Å². The molecular formula is C12H12BrN3S. The molecule has 17 heavy (non-hydrogen) atoms. The molecule has 0 N–H and O–H groups in total. The van der Waals surface area contributed by atoms with Crippen molar-refractivity contribution in [1.29, 1.82) is 0 Å². The summed E-state index contributed by atoms with van der Waals surface area (Å²) in [5, 5.41) is 2.03. The average Bonchev–Trinajstić information content (AvgIpc) is 2.71. The summed E-state index contributed by atoms with van der Waals surface area (Å²) in [4.78, 5) is 10.8. The number of hydrogen-bond acceptors (Lipinski definition) is 4. The Kier molecular flexibility index (Phi) is 3.91. The molecule has 2 heterocycles. The molecule has 0 saturated carbocycles. The van der Waals surface area contributed by atoms with Crippen LogP contribution in [0.4, 0.5) is 5.82 Å². The zero-order valence-electron chi connectivity index (χ0n) is 9.27. The van der Waals surface area contributed by atoms with Crippen molar-refractivity contribution in [3.8, 4) is 0 Å². The van der Waals surface area contributed by atoms with E-state index in [9.17, 15) is 0 Å². The van der Waals surface area contributed by atoms with E-state index in [0.717, 1.165) is 33.6 Å². The molecule has 88 valence electrons. The van der Waals surface area contributed by atoms with Crippen LogP contribution < -0.4 is 4.90 Å².